The van der Waals surface area contributed by atoms with Crippen LogP contribution in [0.5, 0.6) is 0 Å². The maximum atomic E-state index is 9.15. The molecule has 0 radical (unpaired) electrons. The third kappa shape index (κ3) is 4.41. The number of hydrogen-bond donors (Lipinski definition) is 1. The molecule has 1 aliphatic heterocycles. The van der Waals surface area contributed by atoms with Crippen LogP contribution in [0.1, 0.15) is 25.7 Å². The summed E-state index contributed by atoms with van der Waals surface area (Å²) < 4.78 is 10.8. The molecule has 0 amide bonds. The average molecular weight is 186 g/mol. The maximum absolute atomic E-state index is 9.15. The summed E-state index contributed by atoms with van der Waals surface area (Å²) in [5.41, 5.74) is 0. The molecule has 1 rings (SSSR count). The second-order valence-electron chi connectivity index (χ2n) is 3.26. The van der Waals surface area contributed by atoms with Crippen molar-refractivity contribution < 1.29 is 14.6 Å². The molecule has 1 saturated heterocycles. The van der Waals surface area contributed by atoms with Crippen molar-refractivity contribution in [1.82, 2.24) is 0 Å². The van der Waals surface area contributed by atoms with E-state index in [0.29, 0.717) is 13.0 Å². The van der Waals surface area contributed by atoms with Gasteiger partial charge in [0.2, 0.25) is 0 Å². The third-order valence-electron chi connectivity index (χ3n) is 2.13. The number of hydrogen-bond acceptors (Lipinski definition) is 3. The second-order valence-corrected chi connectivity index (χ2v) is 3.26. The molecule has 1 N–H and O–H groups in total. The van der Waals surface area contributed by atoms with Gasteiger partial charge in [-0.2, -0.15) is 0 Å². The van der Waals surface area contributed by atoms with Crippen LogP contribution in [0.15, 0.2) is 12.7 Å². The van der Waals surface area contributed by atoms with Crippen LogP contribution in [-0.2, 0) is 9.47 Å². The monoisotopic (exact) mass is 186 g/mol. The van der Waals surface area contributed by atoms with Gasteiger partial charge in [0.05, 0.1) is 12.7 Å². The van der Waals surface area contributed by atoms with E-state index in [2.05, 4.69) is 6.58 Å². The molecule has 1 fully saturated rings. The fourth-order valence-corrected chi connectivity index (χ4v) is 1.28. The van der Waals surface area contributed by atoms with Gasteiger partial charge in [-0.15, -0.1) is 6.58 Å². The first-order valence-electron chi connectivity index (χ1n) is 4.87. The Balaban J connectivity index is 2.01. The molecule has 0 aromatic rings. The minimum absolute atomic E-state index is 0.0502. The van der Waals surface area contributed by atoms with E-state index in [4.69, 9.17) is 14.6 Å². The van der Waals surface area contributed by atoms with Crippen molar-refractivity contribution in [2.75, 3.05) is 13.2 Å². The molecule has 0 aromatic heterocycles. The van der Waals surface area contributed by atoms with Crippen molar-refractivity contribution in [3.05, 3.63) is 12.7 Å². The summed E-state index contributed by atoms with van der Waals surface area (Å²) in [4.78, 5) is 0. The fraction of sp³-hybridized carbons (Fsp3) is 0.800. The number of rotatable bonds is 5. The molecule has 2 atom stereocenters. The Hall–Kier alpha value is -0.380. The van der Waals surface area contributed by atoms with Gasteiger partial charge < -0.3 is 14.6 Å². The van der Waals surface area contributed by atoms with Gasteiger partial charge in [0, 0.05) is 13.0 Å². The highest BCUT2D eigenvalue weighted by atomic mass is 16.7. The molecule has 0 aromatic carbocycles. The van der Waals surface area contributed by atoms with Gasteiger partial charge in [-0.1, -0.05) is 6.08 Å². The number of aliphatic hydroxyl groups excluding tert-OH is 1. The largest absolute Gasteiger partial charge is 0.389 e. The van der Waals surface area contributed by atoms with Gasteiger partial charge in [0.1, 0.15) is 0 Å². The molecule has 1 unspecified atom stereocenters. The molecule has 13 heavy (non-hydrogen) atoms. The molecule has 0 aliphatic carbocycles. The van der Waals surface area contributed by atoms with Crippen LogP contribution in [0.25, 0.3) is 0 Å². The van der Waals surface area contributed by atoms with Gasteiger partial charge in [0.25, 0.3) is 0 Å². The van der Waals surface area contributed by atoms with E-state index in [1.54, 1.807) is 0 Å². The molecule has 1 aliphatic rings. The Morgan fingerprint density at radius 3 is 3.08 bits per heavy atom. The van der Waals surface area contributed by atoms with Gasteiger partial charge >= 0.3 is 0 Å². The predicted octanol–water partition coefficient (Wildman–Crippen LogP) is 1.47. The first-order chi connectivity index (χ1) is 6.33. The predicted molar refractivity (Wildman–Crippen MR) is 50.4 cm³/mol. The summed E-state index contributed by atoms with van der Waals surface area (Å²) in [6.45, 7) is 4.83. The Bertz CT molecular complexity index is 141. The average Bonchev–Trinajstić information content (AvgIpc) is 2.19. The smallest absolute Gasteiger partial charge is 0.157 e. The van der Waals surface area contributed by atoms with Crippen molar-refractivity contribution in [1.29, 1.82) is 0 Å². The first-order valence-corrected chi connectivity index (χ1v) is 4.87. The lowest BCUT2D eigenvalue weighted by Gasteiger charge is -2.22. The SMILES string of the molecule is C=C[C@H](O)CCOC1CCCCO1. The van der Waals surface area contributed by atoms with E-state index in [1.165, 1.54) is 12.5 Å². The van der Waals surface area contributed by atoms with Crippen molar-refractivity contribution >= 4 is 0 Å². The van der Waals surface area contributed by atoms with Gasteiger partial charge in [0.15, 0.2) is 6.29 Å². The fourth-order valence-electron chi connectivity index (χ4n) is 1.28. The van der Waals surface area contributed by atoms with E-state index < -0.39 is 6.10 Å². The highest BCUT2D eigenvalue weighted by molar-refractivity contribution is 4.77. The lowest BCUT2D eigenvalue weighted by molar-refractivity contribution is -0.164. The van der Waals surface area contributed by atoms with Crippen LogP contribution in [0.3, 0.4) is 0 Å². The summed E-state index contributed by atoms with van der Waals surface area (Å²) in [5, 5.41) is 9.15. The maximum Gasteiger partial charge on any atom is 0.157 e. The van der Waals surface area contributed by atoms with Crippen molar-refractivity contribution in [3.63, 3.8) is 0 Å². The lowest BCUT2D eigenvalue weighted by Crippen LogP contribution is -2.23. The summed E-state index contributed by atoms with van der Waals surface area (Å²) >= 11 is 0. The zero-order chi connectivity index (χ0) is 9.52. The number of aliphatic hydroxyl groups is 1. The zero-order valence-corrected chi connectivity index (χ0v) is 7.95. The topological polar surface area (TPSA) is 38.7 Å². The van der Waals surface area contributed by atoms with E-state index >= 15 is 0 Å². The zero-order valence-electron chi connectivity index (χ0n) is 7.95. The van der Waals surface area contributed by atoms with E-state index in [-0.39, 0.29) is 6.29 Å². The molecule has 1 heterocycles. The van der Waals surface area contributed by atoms with E-state index in [1.807, 2.05) is 0 Å². The Morgan fingerprint density at radius 1 is 1.62 bits per heavy atom. The Kier molecular flexibility index (Phi) is 5.05. The molecule has 3 nitrogen and oxygen atoms in total. The number of ether oxygens (including phenoxy) is 2. The highest BCUT2D eigenvalue weighted by Gasteiger charge is 2.13. The molecule has 3 heteroatoms. The molecule has 76 valence electrons. The Morgan fingerprint density at radius 2 is 2.46 bits per heavy atom. The van der Waals surface area contributed by atoms with Crippen molar-refractivity contribution in [2.45, 2.75) is 38.1 Å². The standard InChI is InChI=1S/C10H18O3/c1-2-9(11)6-8-13-10-5-3-4-7-12-10/h2,9-11H,1,3-8H2/t9-,10?/m0/s1. The molecular formula is C10H18O3. The Labute approximate surface area is 79.3 Å². The highest BCUT2D eigenvalue weighted by Crippen LogP contribution is 2.13. The normalized spacial score (nSPS) is 25.5. The van der Waals surface area contributed by atoms with E-state index in [9.17, 15) is 0 Å². The van der Waals surface area contributed by atoms with Gasteiger partial charge in [-0.05, 0) is 19.3 Å². The van der Waals surface area contributed by atoms with Gasteiger partial charge in [-0.25, -0.2) is 0 Å². The summed E-state index contributed by atoms with van der Waals surface area (Å²) in [7, 11) is 0. The molecule has 0 saturated carbocycles. The minimum atomic E-state index is -0.455. The van der Waals surface area contributed by atoms with Crippen molar-refractivity contribution in [2.24, 2.45) is 0 Å². The second kappa shape index (κ2) is 6.13. The summed E-state index contributed by atoms with van der Waals surface area (Å²) in [6, 6.07) is 0. The molecule has 0 spiro atoms. The van der Waals surface area contributed by atoms with Crippen LogP contribution in [0.4, 0.5) is 0 Å². The summed E-state index contributed by atoms with van der Waals surface area (Å²) in [5.74, 6) is 0. The van der Waals surface area contributed by atoms with Crippen LogP contribution in [0.2, 0.25) is 0 Å². The summed E-state index contributed by atoms with van der Waals surface area (Å²) in [6.07, 6.45) is 4.90. The van der Waals surface area contributed by atoms with Crippen LogP contribution < -0.4 is 0 Å². The van der Waals surface area contributed by atoms with Crippen molar-refractivity contribution in [3.8, 4) is 0 Å². The van der Waals surface area contributed by atoms with Crippen LogP contribution in [0, 0.1) is 0 Å². The third-order valence-corrected chi connectivity index (χ3v) is 2.13. The molecular weight excluding hydrogens is 168 g/mol. The molecule has 0 bridgehead atoms. The van der Waals surface area contributed by atoms with E-state index in [0.717, 1.165) is 19.4 Å². The first kappa shape index (κ1) is 10.7. The van der Waals surface area contributed by atoms with Crippen LogP contribution >= 0.6 is 0 Å². The minimum Gasteiger partial charge on any atom is -0.389 e. The quantitative estimate of drug-likeness (QED) is 0.661. The van der Waals surface area contributed by atoms with Crippen LogP contribution in [-0.4, -0.2) is 30.7 Å². The lowest BCUT2D eigenvalue weighted by atomic mass is 10.2. The van der Waals surface area contributed by atoms with Gasteiger partial charge in [-0.3, -0.25) is 0 Å².